The van der Waals surface area contributed by atoms with E-state index in [-0.39, 0.29) is 24.8 Å². The summed E-state index contributed by atoms with van der Waals surface area (Å²) in [5.74, 6) is 0. The minimum atomic E-state index is 0. The van der Waals surface area contributed by atoms with Crippen LogP contribution >= 0.6 is 24.8 Å². The lowest BCUT2D eigenvalue weighted by molar-refractivity contribution is 0.903. The van der Waals surface area contributed by atoms with Gasteiger partial charge in [0.2, 0.25) is 0 Å². The summed E-state index contributed by atoms with van der Waals surface area (Å²) >= 11 is 0. The van der Waals surface area contributed by atoms with Gasteiger partial charge in [0, 0.05) is 18.1 Å². The van der Waals surface area contributed by atoms with E-state index in [4.69, 9.17) is 0 Å². The summed E-state index contributed by atoms with van der Waals surface area (Å²) in [6.45, 7) is 2.04. The van der Waals surface area contributed by atoms with Crippen molar-refractivity contribution >= 4 is 24.8 Å². The fourth-order valence-corrected chi connectivity index (χ4v) is 1.47. The molecule has 0 saturated carbocycles. The second-order valence-corrected chi connectivity index (χ2v) is 3.31. The summed E-state index contributed by atoms with van der Waals surface area (Å²) in [6, 6.07) is 4.10. The van der Waals surface area contributed by atoms with Gasteiger partial charge >= 0.3 is 0 Å². The van der Waals surface area contributed by atoms with Crippen LogP contribution in [0.1, 0.15) is 17.0 Å². The molecule has 2 heterocycles. The third-order valence-corrected chi connectivity index (χ3v) is 2.32. The molecule has 0 atom stereocenters. The first-order valence-corrected chi connectivity index (χ1v) is 4.74. The smallest absolute Gasteiger partial charge is 0.0923 e. The highest BCUT2D eigenvalue weighted by Gasteiger charge is 2.00. The van der Waals surface area contributed by atoms with E-state index in [9.17, 15) is 0 Å². The Bertz CT molecular complexity index is 401. The van der Waals surface area contributed by atoms with Crippen LogP contribution in [-0.2, 0) is 12.8 Å². The number of aromatic amines is 1. The molecule has 88 valence electrons. The highest BCUT2D eigenvalue weighted by molar-refractivity contribution is 5.85. The summed E-state index contributed by atoms with van der Waals surface area (Å²) in [5.41, 5.74) is 3.52. The number of halogens is 2. The number of nitrogens with one attached hydrogen (secondary N) is 1. The van der Waals surface area contributed by atoms with Crippen LogP contribution in [0.2, 0.25) is 0 Å². The maximum atomic E-state index is 4.25. The molecule has 0 spiro atoms. The number of nitrogens with zero attached hydrogens (tertiary/aromatic N) is 2. The van der Waals surface area contributed by atoms with Gasteiger partial charge in [0.05, 0.1) is 12.0 Å². The van der Waals surface area contributed by atoms with Crippen molar-refractivity contribution in [3.63, 3.8) is 0 Å². The number of imidazole rings is 1. The Morgan fingerprint density at radius 2 is 2.00 bits per heavy atom. The Morgan fingerprint density at radius 3 is 2.62 bits per heavy atom. The average molecular weight is 260 g/mol. The van der Waals surface area contributed by atoms with Crippen LogP contribution in [0.15, 0.2) is 30.9 Å². The fraction of sp³-hybridized carbons (Fsp3) is 0.273. The molecular formula is C11H15Cl2N3. The lowest BCUT2D eigenvalue weighted by atomic mass is 10.1. The Hall–Kier alpha value is -1.06. The Balaban J connectivity index is 0.00000112. The highest BCUT2D eigenvalue weighted by atomic mass is 35.5. The molecule has 0 aromatic carbocycles. The van der Waals surface area contributed by atoms with Gasteiger partial charge in [-0.05, 0) is 31.4 Å². The zero-order valence-electron chi connectivity index (χ0n) is 9.01. The van der Waals surface area contributed by atoms with Crippen molar-refractivity contribution in [3.05, 3.63) is 47.8 Å². The predicted octanol–water partition coefficient (Wildman–Crippen LogP) is 2.74. The molecule has 0 aliphatic rings. The molecule has 0 unspecified atom stereocenters. The number of hydrogen-bond acceptors (Lipinski definition) is 2. The van der Waals surface area contributed by atoms with Crippen LogP contribution in [0.5, 0.6) is 0 Å². The summed E-state index contributed by atoms with van der Waals surface area (Å²) in [4.78, 5) is 11.4. The Morgan fingerprint density at radius 1 is 1.19 bits per heavy atom. The van der Waals surface area contributed by atoms with Gasteiger partial charge in [0.15, 0.2) is 0 Å². The molecule has 0 aliphatic heterocycles. The molecule has 0 amide bonds. The van der Waals surface area contributed by atoms with Crippen molar-refractivity contribution < 1.29 is 0 Å². The second-order valence-electron chi connectivity index (χ2n) is 3.31. The lowest BCUT2D eigenvalue weighted by Gasteiger charge is -2.02. The molecule has 1 N–H and O–H groups in total. The molecule has 0 fully saturated rings. The predicted molar refractivity (Wildman–Crippen MR) is 69.5 cm³/mol. The van der Waals surface area contributed by atoms with Gasteiger partial charge in [0.1, 0.15) is 0 Å². The zero-order valence-corrected chi connectivity index (χ0v) is 10.6. The topological polar surface area (TPSA) is 41.6 Å². The van der Waals surface area contributed by atoms with E-state index in [1.165, 1.54) is 5.56 Å². The largest absolute Gasteiger partial charge is 0.351 e. The van der Waals surface area contributed by atoms with Gasteiger partial charge in [-0.15, -0.1) is 24.8 Å². The molecule has 0 saturated heterocycles. The van der Waals surface area contributed by atoms with Crippen LogP contribution in [0.25, 0.3) is 0 Å². The molecule has 0 aliphatic carbocycles. The molecule has 16 heavy (non-hydrogen) atoms. The number of pyridine rings is 1. The maximum Gasteiger partial charge on any atom is 0.0923 e. The van der Waals surface area contributed by atoms with Gasteiger partial charge in [-0.25, -0.2) is 4.98 Å². The van der Waals surface area contributed by atoms with Crippen molar-refractivity contribution in [2.45, 2.75) is 19.8 Å². The van der Waals surface area contributed by atoms with Crippen molar-refractivity contribution in [2.75, 3.05) is 0 Å². The molecule has 2 rings (SSSR count). The van der Waals surface area contributed by atoms with Crippen LogP contribution in [0, 0.1) is 6.92 Å². The van der Waals surface area contributed by atoms with Gasteiger partial charge in [-0.2, -0.15) is 0 Å². The SMILES string of the molecule is Cc1ncccc1CCc1c[nH]cn1.Cl.Cl. The normalized spacial score (nSPS) is 9.06. The van der Waals surface area contributed by atoms with Crippen LogP contribution in [-0.4, -0.2) is 15.0 Å². The summed E-state index contributed by atoms with van der Waals surface area (Å²) < 4.78 is 0. The molecule has 0 bridgehead atoms. The van der Waals surface area contributed by atoms with Crippen molar-refractivity contribution in [3.8, 4) is 0 Å². The highest BCUT2D eigenvalue weighted by Crippen LogP contribution is 2.07. The van der Waals surface area contributed by atoms with Crippen molar-refractivity contribution in [2.24, 2.45) is 0 Å². The summed E-state index contributed by atoms with van der Waals surface area (Å²) in [5, 5.41) is 0. The minimum Gasteiger partial charge on any atom is -0.351 e. The second kappa shape index (κ2) is 7.25. The first kappa shape index (κ1) is 14.9. The van der Waals surface area contributed by atoms with Gasteiger partial charge < -0.3 is 4.98 Å². The van der Waals surface area contributed by atoms with E-state index in [1.54, 1.807) is 6.33 Å². The Kier molecular flexibility index (Phi) is 6.77. The summed E-state index contributed by atoms with van der Waals surface area (Å²) in [6.07, 6.45) is 7.45. The van der Waals surface area contributed by atoms with E-state index in [0.717, 1.165) is 24.2 Å². The molecule has 2 aromatic heterocycles. The minimum absolute atomic E-state index is 0. The molecular weight excluding hydrogens is 245 g/mol. The van der Waals surface area contributed by atoms with Crippen LogP contribution in [0.4, 0.5) is 0 Å². The number of H-pyrrole nitrogens is 1. The quantitative estimate of drug-likeness (QED) is 0.921. The third kappa shape index (κ3) is 3.83. The number of rotatable bonds is 3. The Labute approximate surface area is 108 Å². The standard InChI is InChI=1S/C11H13N3.2ClH/c1-9-10(3-2-6-13-9)4-5-11-7-12-8-14-11;;/h2-3,6-8H,4-5H2,1H3,(H,12,14);2*1H. The monoisotopic (exact) mass is 259 g/mol. The van der Waals surface area contributed by atoms with Gasteiger partial charge in [0.25, 0.3) is 0 Å². The van der Waals surface area contributed by atoms with E-state index < -0.39 is 0 Å². The lowest BCUT2D eigenvalue weighted by Crippen LogP contribution is -1.95. The van der Waals surface area contributed by atoms with E-state index in [2.05, 4.69) is 21.0 Å². The number of hydrogen-bond donors (Lipinski definition) is 1. The average Bonchev–Trinajstić information content (AvgIpc) is 2.69. The third-order valence-electron chi connectivity index (χ3n) is 2.32. The summed E-state index contributed by atoms with van der Waals surface area (Å²) in [7, 11) is 0. The fourth-order valence-electron chi connectivity index (χ4n) is 1.47. The van der Waals surface area contributed by atoms with Crippen LogP contribution in [0.3, 0.4) is 0 Å². The number of aromatic nitrogens is 3. The van der Waals surface area contributed by atoms with Crippen molar-refractivity contribution in [1.82, 2.24) is 15.0 Å². The molecule has 5 heteroatoms. The van der Waals surface area contributed by atoms with Crippen LogP contribution < -0.4 is 0 Å². The van der Waals surface area contributed by atoms with Gasteiger partial charge in [-0.3, -0.25) is 4.98 Å². The molecule has 2 aromatic rings. The first-order valence-electron chi connectivity index (χ1n) is 4.74. The number of aryl methyl sites for hydroxylation is 3. The maximum absolute atomic E-state index is 4.25. The molecule has 0 radical (unpaired) electrons. The molecule has 3 nitrogen and oxygen atoms in total. The van der Waals surface area contributed by atoms with E-state index >= 15 is 0 Å². The van der Waals surface area contributed by atoms with E-state index in [0.29, 0.717) is 0 Å². The first-order chi connectivity index (χ1) is 6.86. The zero-order chi connectivity index (χ0) is 9.80. The van der Waals surface area contributed by atoms with Crippen molar-refractivity contribution in [1.29, 1.82) is 0 Å². The van der Waals surface area contributed by atoms with E-state index in [1.807, 2.05) is 25.4 Å². The van der Waals surface area contributed by atoms with Gasteiger partial charge in [-0.1, -0.05) is 6.07 Å².